The third kappa shape index (κ3) is 3.28. The summed E-state index contributed by atoms with van der Waals surface area (Å²) in [6, 6.07) is 14.1. The van der Waals surface area contributed by atoms with Crippen LogP contribution in [0.2, 0.25) is 0 Å². The van der Waals surface area contributed by atoms with Crippen LogP contribution in [0.3, 0.4) is 0 Å². The Morgan fingerprint density at radius 1 is 1.19 bits per heavy atom. The van der Waals surface area contributed by atoms with Crippen LogP contribution in [0.5, 0.6) is 0 Å². The summed E-state index contributed by atoms with van der Waals surface area (Å²) in [6.45, 7) is 3.80. The highest BCUT2D eigenvalue weighted by molar-refractivity contribution is 5.96. The van der Waals surface area contributed by atoms with Gasteiger partial charge in [0.25, 0.3) is 0 Å². The van der Waals surface area contributed by atoms with Gasteiger partial charge in [-0.15, -0.1) is 0 Å². The maximum Gasteiger partial charge on any atom is 0.245 e. The van der Waals surface area contributed by atoms with Crippen LogP contribution in [0, 0.1) is 25.2 Å². The van der Waals surface area contributed by atoms with Crippen molar-refractivity contribution in [3.05, 3.63) is 64.7 Å². The van der Waals surface area contributed by atoms with Crippen molar-refractivity contribution in [1.29, 1.82) is 5.26 Å². The van der Waals surface area contributed by atoms with E-state index in [4.69, 9.17) is 11.0 Å². The Labute approximate surface area is 124 Å². The molecule has 4 nitrogen and oxygen atoms in total. The molecular formula is C17H17N3O. The third-order valence-corrected chi connectivity index (χ3v) is 3.36. The Hall–Kier alpha value is -2.64. The molecule has 1 amide bonds. The SMILES string of the molecule is Cc1ccc(C(N)C(=O)Nc2cccc(C)c2C#N)cc1. The molecule has 1 unspecified atom stereocenters. The number of hydrogen-bond donors (Lipinski definition) is 2. The monoisotopic (exact) mass is 279 g/mol. The number of nitrogens with two attached hydrogens (primary N) is 1. The molecule has 0 saturated heterocycles. The maximum atomic E-state index is 12.2. The highest BCUT2D eigenvalue weighted by atomic mass is 16.2. The van der Waals surface area contributed by atoms with E-state index in [0.717, 1.165) is 16.7 Å². The van der Waals surface area contributed by atoms with E-state index in [-0.39, 0.29) is 5.91 Å². The van der Waals surface area contributed by atoms with Crippen LogP contribution in [-0.4, -0.2) is 5.91 Å². The van der Waals surface area contributed by atoms with E-state index >= 15 is 0 Å². The molecule has 0 bridgehead atoms. The van der Waals surface area contributed by atoms with E-state index < -0.39 is 6.04 Å². The van der Waals surface area contributed by atoms with Gasteiger partial charge in [-0.25, -0.2) is 0 Å². The van der Waals surface area contributed by atoms with E-state index in [9.17, 15) is 4.79 Å². The molecule has 0 saturated carbocycles. The molecule has 0 fully saturated rings. The Kier molecular flexibility index (Phi) is 4.36. The largest absolute Gasteiger partial charge is 0.323 e. The smallest absolute Gasteiger partial charge is 0.245 e. The van der Waals surface area contributed by atoms with Gasteiger partial charge in [-0.05, 0) is 31.0 Å². The minimum Gasteiger partial charge on any atom is -0.323 e. The number of hydrogen-bond acceptors (Lipinski definition) is 3. The molecular weight excluding hydrogens is 262 g/mol. The van der Waals surface area contributed by atoms with Crippen molar-refractivity contribution >= 4 is 11.6 Å². The zero-order valence-electron chi connectivity index (χ0n) is 12.1. The minimum absolute atomic E-state index is 0.332. The first-order valence-electron chi connectivity index (χ1n) is 6.65. The average Bonchev–Trinajstić information content (AvgIpc) is 2.47. The average molecular weight is 279 g/mol. The number of benzene rings is 2. The summed E-state index contributed by atoms with van der Waals surface area (Å²) in [5.41, 5.74) is 9.59. The lowest BCUT2D eigenvalue weighted by Crippen LogP contribution is -2.28. The normalized spacial score (nSPS) is 11.5. The summed E-state index contributed by atoms with van der Waals surface area (Å²) in [5.74, 6) is -0.332. The summed E-state index contributed by atoms with van der Waals surface area (Å²) in [6.07, 6.45) is 0. The first kappa shape index (κ1) is 14.8. The lowest BCUT2D eigenvalue weighted by Gasteiger charge is -2.14. The van der Waals surface area contributed by atoms with E-state index in [0.29, 0.717) is 11.3 Å². The zero-order chi connectivity index (χ0) is 15.4. The van der Waals surface area contributed by atoms with E-state index in [2.05, 4.69) is 11.4 Å². The number of nitrogens with zero attached hydrogens (tertiary/aromatic N) is 1. The molecule has 4 heteroatoms. The first-order valence-corrected chi connectivity index (χ1v) is 6.65. The van der Waals surface area contributed by atoms with Crippen LogP contribution >= 0.6 is 0 Å². The van der Waals surface area contributed by atoms with Gasteiger partial charge < -0.3 is 11.1 Å². The number of nitrogens with one attached hydrogen (secondary N) is 1. The van der Waals surface area contributed by atoms with Gasteiger partial charge in [0, 0.05) is 0 Å². The fourth-order valence-electron chi connectivity index (χ4n) is 2.06. The minimum atomic E-state index is -0.766. The number of carbonyl (C=O) groups is 1. The molecule has 0 spiro atoms. The van der Waals surface area contributed by atoms with E-state index in [1.54, 1.807) is 12.1 Å². The molecule has 2 rings (SSSR count). The van der Waals surface area contributed by atoms with Crippen LogP contribution in [0.15, 0.2) is 42.5 Å². The first-order chi connectivity index (χ1) is 10.0. The Balaban J connectivity index is 2.20. The molecule has 21 heavy (non-hydrogen) atoms. The maximum absolute atomic E-state index is 12.2. The van der Waals surface area contributed by atoms with Gasteiger partial charge in [0.2, 0.25) is 5.91 Å². The van der Waals surface area contributed by atoms with Crippen molar-refractivity contribution in [2.75, 3.05) is 5.32 Å². The highest BCUT2D eigenvalue weighted by Gasteiger charge is 2.17. The van der Waals surface area contributed by atoms with Gasteiger partial charge in [-0.1, -0.05) is 42.0 Å². The molecule has 3 N–H and O–H groups in total. The second-order valence-electron chi connectivity index (χ2n) is 4.99. The Morgan fingerprint density at radius 2 is 1.86 bits per heavy atom. The molecule has 1 atom stereocenters. The summed E-state index contributed by atoms with van der Waals surface area (Å²) >= 11 is 0. The van der Waals surface area contributed by atoms with Gasteiger partial charge in [0.15, 0.2) is 0 Å². The standard InChI is InChI=1S/C17H17N3O/c1-11-6-8-13(9-7-11)16(19)17(21)20-15-5-3-4-12(2)14(15)10-18/h3-9,16H,19H2,1-2H3,(H,20,21). The number of rotatable bonds is 3. The molecule has 106 valence electrons. The van der Waals surface area contributed by atoms with Gasteiger partial charge in [0.1, 0.15) is 12.1 Å². The Bertz CT molecular complexity index is 699. The van der Waals surface area contributed by atoms with Gasteiger partial charge in [0.05, 0.1) is 11.3 Å². The molecule has 0 aliphatic carbocycles. The second-order valence-corrected chi connectivity index (χ2v) is 4.99. The highest BCUT2D eigenvalue weighted by Crippen LogP contribution is 2.20. The quantitative estimate of drug-likeness (QED) is 0.906. The summed E-state index contributed by atoms with van der Waals surface area (Å²) in [7, 11) is 0. The molecule has 0 aromatic heterocycles. The fourth-order valence-corrected chi connectivity index (χ4v) is 2.06. The van der Waals surface area contributed by atoms with Crippen LogP contribution in [0.4, 0.5) is 5.69 Å². The van der Waals surface area contributed by atoms with E-state index in [1.165, 1.54) is 0 Å². The number of amides is 1. The van der Waals surface area contributed by atoms with Gasteiger partial charge in [-0.2, -0.15) is 5.26 Å². The number of anilines is 1. The molecule has 0 aliphatic heterocycles. The topological polar surface area (TPSA) is 78.9 Å². The van der Waals surface area contributed by atoms with Gasteiger partial charge in [-0.3, -0.25) is 4.79 Å². The van der Waals surface area contributed by atoms with Crippen LogP contribution in [0.1, 0.15) is 28.3 Å². The van der Waals surface area contributed by atoms with Crippen LogP contribution < -0.4 is 11.1 Å². The van der Waals surface area contributed by atoms with Crippen LogP contribution in [0.25, 0.3) is 0 Å². The lowest BCUT2D eigenvalue weighted by atomic mass is 10.0. The van der Waals surface area contributed by atoms with Crippen molar-refractivity contribution in [3.63, 3.8) is 0 Å². The van der Waals surface area contributed by atoms with Crippen molar-refractivity contribution in [2.45, 2.75) is 19.9 Å². The zero-order valence-corrected chi connectivity index (χ0v) is 12.1. The van der Waals surface area contributed by atoms with Crippen molar-refractivity contribution < 1.29 is 4.79 Å². The van der Waals surface area contributed by atoms with Gasteiger partial charge >= 0.3 is 0 Å². The lowest BCUT2D eigenvalue weighted by molar-refractivity contribution is -0.117. The number of carbonyl (C=O) groups excluding carboxylic acids is 1. The van der Waals surface area contributed by atoms with E-state index in [1.807, 2.05) is 44.2 Å². The molecule has 0 radical (unpaired) electrons. The summed E-state index contributed by atoms with van der Waals surface area (Å²) in [5, 5.41) is 11.9. The third-order valence-electron chi connectivity index (χ3n) is 3.36. The van der Waals surface area contributed by atoms with Crippen molar-refractivity contribution in [3.8, 4) is 6.07 Å². The predicted molar refractivity (Wildman–Crippen MR) is 82.6 cm³/mol. The molecule has 0 aliphatic rings. The molecule has 0 heterocycles. The summed E-state index contributed by atoms with van der Waals surface area (Å²) in [4.78, 5) is 12.2. The summed E-state index contributed by atoms with van der Waals surface area (Å²) < 4.78 is 0. The predicted octanol–water partition coefficient (Wildman–Crippen LogP) is 2.81. The van der Waals surface area contributed by atoms with Crippen LogP contribution in [-0.2, 0) is 4.79 Å². The molecule has 2 aromatic carbocycles. The fraction of sp³-hybridized carbons (Fsp3) is 0.176. The molecule has 2 aromatic rings. The number of aryl methyl sites for hydroxylation is 2. The number of nitriles is 1. The van der Waals surface area contributed by atoms with Crippen molar-refractivity contribution in [2.24, 2.45) is 5.73 Å². The second kappa shape index (κ2) is 6.21. The van der Waals surface area contributed by atoms with Crippen molar-refractivity contribution in [1.82, 2.24) is 0 Å². The Morgan fingerprint density at radius 3 is 2.48 bits per heavy atom.